The molecule has 6 rings (SSSR count). The molecule has 0 saturated heterocycles. The number of carbonyl (C=O) groups excluding carboxylic acids is 3. The number of ether oxygens (including phenoxy) is 1. The number of hydrogen-bond donors (Lipinski definition) is 2. The number of anilines is 1. The van der Waals surface area contributed by atoms with Gasteiger partial charge in [-0.15, -0.1) is 0 Å². The highest BCUT2D eigenvalue weighted by molar-refractivity contribution is 5.97. The van der Waals surface area contributed by atoms with Crippen molar-refractivity contribution in [2.24, 2.45) is 50.2 Å². The van der Waals surface area contributed by atoms with Gasteiger partial charge in [-0.2, -0.15) is 0 Å². The Morgan fingerprint density at radius 2 is 1.59 bits per heavy atom. The van der Waals surface area contributed by atoms with Crippen molar-refractivity contribution in [2.45, 2.75) is 119 Å². The molecule has 6 heteroatoms. The first kappa shape index (κ1) is 31.4. The number of esters is 1. The summed E-state index contributed by atoms with van der Waals surface area (Å²) < 4.78 is 5.86. The highest BCUT2D eigenvalue weighted by atomic mass is 16.5. The Kier molecular flexibility index (Phi) is 7.08. The third-order valence-electron chi connectivity index (χ3n) is 14.5. The summed E-state index contributed by atoms with van der Waals surface area (Å²) in [6.45, 7) is 17.7. The van der Waals surface area contributed by atoms with Crippen LogP contribution in [0.3, 0.4) is 0 Å². The summed E-state index contributed by atoms with van der Waals surface area (Å²) in [4.78, 5) is 40.5. The van der Waals surface area contributed by atoms with E-state index in [4.69, 9.17) is 4.74 Å². The van der Waals surface area contributed by atoms with E-state index in [1.807, 2.05) is 6.07 Å². The van der Waals surface area contributed by atoms with Crippen molar-refractivity contribution in [2.75, 3.05) is 5.32 Å². The van der Waals surface area contributed by atoms with E-state index in [9.17, 15) is 19.5 Å². The van der Waals surface area contributed by atoms with Gasteiger partial charge in [-0.05, 0) is 109 Å². The van der Waals surface area contributed by atoms with Gasteiger partial charge in [0.05, 0.1) is 5.69 Å². The Hall–Kier alpha value is -2.63. The normalized spacial score (nSPS) is 44.2. The lowest BCUT2D eigenvalue weighted by Gasteiger charge is -2.70. The Morgan fingerprint density at radius 1 is 0.909 bits per heavy atom. The number of amides is 1. The number of hydrogen-bond acceptors (Lipinski definition) is 5. The minimum Gasteiger partial charge on any atom is -0.506 e. The number of para-hydroxylation sites is 2. The summed E-state index contributed by atoms with van der Waals surface area (Å²) >= 11 is 0. The number of fused-ring (bicyclic) bond motifs is 7. The monoisotopic (exact) mass is 603 g/mol. The van der Waals surface area contributed by atoms with E-state index >= 15 is 0 Å². The predicted octanol–water partition coefficient (Wildman–Crippen LogP) is 8.24. The van der Waals surface area contributed by atoms with Crippen molar-refractivity contribution in [3.63, 3.8) is 0 Å². The molecule has 0 aromatic heterocycles. The van der Waals surface area contributed by atoms with Gasteiger partial charge in [-0.3, -0.25) is 14.4 Å². The van der Waals surface area contributed by atoms with Gasteiger partial charge >= 0.3 is 5.97 Å². The number of nitrogens with one attached hydrogen (secondary N) is 1. The van der Waals surface area contributed by atoms with Crippen molar-refractivity contribution < 1.29 is 24.2 Å². The van der Waals surface area contributed by atoms with Gasteiger partial charge in [-0.1, -0.05) is 66.2 Å². The molecule has 0 bridgehead atoms. The summed E-state index contributed by atoms with van der Waals surface area (Å²) in [7, 11) is 0. The quantitative estimate of drug-likeness (QED) is 0.268. The zero-order valence-corrected chi connectivity index (χ0v) is 28.1. The fraction of sp³-hybridized carbons (Fsp3) is 0.711. The second kappa shape index (κ2) is 9.93. The predicted molar refractivity (Wildman–Crippen MR) is 172 cm³/mol. The number of carbonyl (C=O) groups is 3. The molecule has 0 radical (unpaired) electrons. The zero-order chi connectivity index (χ0) is 32.1. The second-order valence-corrected chi connectivity index (χ2v) is 17.2. The molecule has 2 N–H and O–H groups in total. The van der Waals surface area contributed by atoms with Gasteiger partial charge in [-0.25, -0.2) is 0 Å². The molecule has 240 valence electrons. The minimum absolute atomic E-state index is 0.0503. The molecule has 6 nitrogen and oxygen atoms in total. The van der Waals surface area contributed by atoms with Crippen LogP contribution in [0.1, 0.15) is 113 Å². The molecule has 44 heavy (non-hydrogen) atoms. The van der Waals surface area contributed by atoms with Crippen molar-refractivity contribution in [1.29, 1.82) is 0 Å². The first-order chi connectivity index (χ1) is 20.4. The third kappa shape index (κ3) is 4.28. The number of phenols is 1. The zero-order valence-electron chi connectivity index (χ0n) is 28.1. The molecular weight excluding hydrogens is 550 g/mol. The molecule has 0 aliphatic heterocycles. The van der Waals surface area contributed by atoms with E-state index in [0.29, 0.717) is 18.0 Å². The maximum Gasteiger partial charge on any atom is 0.302 e. The summed E-state index contributed by atoms with van der Waals surface area (Å²) in [5.74, 6) is 0.425. The molecule has 9 atom stereocenters. The summed E-state index contributed by atoms with van der Waals surface area (Å²) in [5.41, 5.74) is 0.482. The molecule has 0 unspecified atom stereocenters. The fourth-order valence-corrected chi connectivity index (χ4v) is 11.6. The first-order valence-electron chi connectivity index (χ1n) is 16.9. The van der Waals surface area contributed by atoms with E-state index in [2.05, 4.69) is 59.9 Å². The van der Waals surface area contributed by atoms with Gasteiger partial charge in [0.25, 0.3) is 0 Å². The smallest absolute Gasteiger partial charge is 0.302 e. The minimum atomic E-state index is -0.602. The Labute approximate surface area is 263 Å². The third-order valence-corrected chi connectivity index (χ3v) is 14.5. The second-order valence-electron chi connectivity index (χ2n) is 17.2. The summed E-state index contributed by atoms with van der Waals surface area (Å²) in [6, 6.07) is 6.90. The largest absolute Gasteiger partial charge is 0.506 e. The lowest BCUT2D eigenvalue weighted by atomic mass is 9.33. The fourth-order valence-electron chi connectivity index (χ4n) is 11.6. The van der Waals surface area contributed by atoms with Crippen LogP contribution in [0.5, 0.6) is 5.75 Å². The summed E-state index contributed by atoms with van der Waals surface area (Å²) in [6.07, 6.45) is 10.2. The van der Waals surface area contributed by atoms with Crippen LogP contribution < -0.4 is 5.32 Å². The van der Waals surface area contributed by atoms with Gasteiger partial charge in [0.2, 0.25) is 5.91 Å². The maximum atomic E-state index is 14.6. The van der Waals surface area contributed by atoms with Crippen LogP contribution in [-0.4, -0.2) is 28.9 Å². The Morgan fingerprint density at radius 3 is 2.27 bits per heavy atom. The Bertz CT molecular complexity index is 1430. The van der Waals surface area contributed by atoms with Crippen LogP contribution in [0.2, 0.25) is 0 Å². The molecule has 4 saturated carbocycles. The topological polar surface area (TPSA) is 92.7 Å². The number of aromatic hydroxyl groups is 1. The summed E-state index contributed by atoms with van der Waals surface area (Å²) in [5, 5.41) is 13.4. The van der Waals surface area contributed by atoms with Crippen molar-refractivity contribution in [1.82, 2.24) is 0 Å². The van der Waals surface area contributed by atoms with E-state index in [0.717, 1.165) is 51.4 Å². The van der Waals surface area contributed by atoms with Crippen LogP contribution in [0.4, 0.5) is 5.69 Å². The number of benzene rings is 1. The van der Waals surface area contributed by atoms with Crippen LogP contribution >= 0.6 is 0 Å². The van der Waals surface area contributed by atoms with Crippen LogP contribution in [0.15, 0.2) is 35.9 Å². The van der Waals surface area contributed by atoms with Crippen LogP contribution in [-0.2, 0) is 19.1 Å². The SMILES string of the molecule is CC(=O)O[C@H]1CC[C@@]2(C)[C@H](CC[C@]3(C)[C@@H]2C(=O)C=C2[C@H]4C[C@@](C)(C(=O)Nc5ccccc5O)CC[C@]4(C)CC[C@@]23C)C1(C)C. The molecular formula is C38H53NO5. The molecule has 5 aliphatic rings. The average Bonchev–Trinajstić information content (AvgIpc) is 2.93. The van der Waals surface area contributed by atoms with Crippen LogP contribution in [0, 0.1) is 50.2 Å². The number of allylic oxidation sites excluding steroid dienone is 2. The highest BCUT2D eigenvalue weighted by Crippen LogP contribution is 2.75. The molecule has 4 fully saturated rings. The standard InChI is InChI=1S/C38H53NO5/c1-23(40)44-30-14-15-36(6)29(33(30,2)3)13-16-38(8)31(36)28(42)21-24-25-22-35(5,18-17-34(25,4)19-20-37(24,38)7)32(43)39-26-11-9-10-12-27(26)41/h9-12,21,25,29-31,41H,13-20,22H2,1-8H3,(H,39,43)/t25-,29-,30+,31-,34-,35+,36+,37+,38-/m1/s1. The lowest BCUT2D eigenvalue weighted by Crippen LogP contribution is -2.66. The van der Waals surface area contributed by atoms with Crippen molar-refractivity contribution in [3.05, 3.63) is 35.9 Å². The number of rotatable bonds is 3. The molecule has 1 aromatic rings. The molecule has 1 amide bonds. The highest BCUT2D eigenvalue weighted by Gasteiger charge is 2.70. The number of ketones is 1. The van der Waals surface area contributed by atoms with Crippen molar-refractivity contribution in [3.8, 4) is 5.75 Å². The maximum absolute atomic E-state index is 14.6. The number of phenolic OH excluding ortho intramolecular Hbond substituents is 1. The van der Waals surface area contributed by atoms with E-state index < -0.39 is 5.41 Å². The molecule has 1 aromatic carbocycles. The van der Waals surface area contributed by atoms with Crippen molar-refractivity contribution >= 4 is 23.3 Å². The first-order valence-corrected chi connectivity index (χ1v) is 16.9. The van der Waals surface area contributed by atoms with Gasteiger partial charge < -0.3 is 15.2 Å². The Balaban J connectivity index is 1.35. The van der Waals surface area contributed by atoms with E-state index in [-0.39, 0.29) is 68.4 Å². The molecule has 0 heterocycles. The average molecular weight is 604 g/mol. The van der Waals surface area contributed by atoms with Gasteiger partial charge in [0.15, 0.2) is 5.78 Å². The molecule has 5 aliphatic carbocycles. The van der Waals surface area contributed by atoms with E-state index in [1.165, 1.54) is 12.5 Å². The van der Waals surface area contributed by atoms with E-state index in [1.54, 1.807) is 18.2 Å². The van der Waals surface area contributed by atoms with Gasteiger partial charge in [0, 0.05) is 23.7 Å². The molecule has 0 spiro atoms. The van der Waals surface area contributed by atoms with Gasteiger partial charge in [0.1, 0.15) is 11.9 Å². The van der Waals surface area contributed by atoms with Crippen LogP contribution in [0.25, 0.3) is 0 Å². The lowest BCUT2D eigenvalue weighted by molar-refractivity contribution is -0.210.